The highest BCUT2D eigenvalue weighted by atomic mass is 35.5. The van der Waals surface area contributed by atoms with Crippen molar-refractivity contribution in [3.63, 3.8) is 0 Å². The lowest BCUT2D eigenvalue weighted by Crippen LogP contribution is -2.39. The highest BCUT2D eigenvalue weighted by Crippen LogP contribution is 2.41. The minimum atomic E-state index is 0.0213. The normalized spacial score (nSPS) is 16.1. The van der Waals surface area contributed by atoms with Gasteiger partial charge < -0.3 is 10.2 Å². The summed E-state index contributed by atoms with van der Waals surface area (Å²) in [6.45, 7) is 4.09. The zero-order valence-corrected chi connectivity index (χ0v) is 19.7. The molecule has 31 heavy (non-hydrogen) atoms. The molecule has 4 aromatic rings. The van der Waals surface area contributed by atoms with E-state index in [1.165, 1.54) is 22.0 Å². The number of thiophene rings is 1. The van der Waals surface area contributed by atoms with Crippen LogP contribution in [0.15, 0.2) is 18.5 Å². The molecule has 0 saturated carbocycles. The van der Waals surface area contributed by atoms with E-state index in [1.807, 2.05) is 37.9 Å². The van der Waals surface area contributed by atoms with Gasteiger partial charge in [-0.25, -0.2) is 9.97 Å². The largest absolute Gasteiger partial charge is 0.343 e. The zero-order valence-electron chi connectivity index (χ0n) is 17.3. The van der Waals surface area contributed by atoms with Crippen LogP contribution in [-0.2, 0) is 17.6 Å². The molecular formula is C21H21ClN6OS2. The van der Waals surface area contributed by atoms with Gasteiger partial charge in [0.15, 0.2) is 0 Å². The summed E-state index contributed by atoms with van der Waals surface area (Å²) in [6, 6.07) is 3.96. The van der Waals surface area contributed by atoms with Crippen LogP contribution in [0.2, 0.25) is 5.02 Å². The number of nitrogens with zero attached hydrogens (tertiary/aromatic N) is 5. The number of carbonyl (C=O) groups is 1. The second kappa shape index (κ2) is 7.96. The number of amides is 1. The third kappa shape index (κ3) is 3.64. The lowest BCUT2D eigenvalue weighted by atomic mass is 9.86. The first kappa shape index (κ1) is 20.5. The number of fused-ring (bicyclic) bond motifs is 4. The molecular weight excluding hydrogens is 452 g/mol. The molecule has 1 N–H and O–H groups in total. The highest BCUT2D eigenvalue weighted by Gasteiger charge is 2.31. The Morgan fingerprint density at radius 2 is 2.16 bits per heavy atom. The average molecular weight is 473 g/mol. The summed E-state index contributed by atoms with van der Waals surface area (Å²) in [5.74, 6) is 0.985. The molecule has 160 valence electrons. The molecule has 0 radical (unpaired) electrons. The van der Waals surface area contributed by atoms with E-state index in [0.717, 1.165) is 51.2 Å². The second-order valence-corrected chi connectivity index (χ2v) is 10.4. The Kier molecular flexibility index (Phi) is 5.27. The van der Waals surface area contributed by atoms with Crippen molar-refractivity contribution in [2.45, 2.75) is 39.2 Å². The van der Waals surface area contributed by atoms with E-state index in [2.05, 4.69) is 24.9 Å². The molecule has 1 amide bonds. The monoisotopic (exact) mass is 472 g/mol. The van der Waals surface area contributed by atoms with Crippen LogP contribution in [0.5, 0.6) is 0 Å². The van der Waals surface area contributed by atoms with E-state index in [9.17, 15) is 4.79 Å². The standard InChI is InChI=1S/C21H21ClN6OS2/c1-10(2)28(3)21(29)11-4-5-12-16(6-11)30-20-18(12)19(23-9-24-20)25-14-8-17-15(7-13(14)22)26-27-31-17/h7-11H,4-6H2,1-3H3,(H,23,24,25)/t11-/m0/s1. The van der Waals surface area contributed by atoms with Gasteiger partial charge in [0, 0.05) is 23.9 Å². The van der Waals surface area contributed by atoms with Gasteiger partial charge in [0.1, 0.15) is 22.5 Å². The summed E-state index contributed by atoms with van der Waals surface area (Å²) < 4.78 is 4.94. The zero-order chi connectivity index (χ0) is 21.7. The quantitative estimate of drug-likeness (QED) is 0.446. The number of hydrogen-bond donors (Lipinski definition) is 1. The molecule has 10 heteroatoms. The lowest BCUT2D eigenvalue weighted by Gasteiger charge is -2.29. The Bertz CT molecular complexity index is 1300. The summed E-state index contributed by atoms with van der Waals surface area (Å²) in [7, 11) is 1.89. The van der Waals surface area contributed by atoms with Crippen molar-refractivity contribution in [2.75, 3.05) is 12.4 Å². The number of carbonyl (C=O) groups excluding carboxylic acids is 1. The third-order valence-corrected chi connectivity index (χ3v) is 8.07. The van der Waals surface area contributed by atoms with Gasteiger partial charge in [-0.3, -0.25) is 4.79 Å². The van der Waals surface area contributed by atoms with Crippen LogP contribution in [0.3, 0.4) is 0 Å². The number of aromatic nitrogens is 4. The maximum atomic E-state index is 12.9. The Morgan fingerprint density at radius 1 is 1.32 bits per heavy atom. The Labute approximate surface area is 192 Å². The minimum Gasteiger partial charge on any atom is -0.343 e. The third-order valence-electron chi connectivity index (χ3n) is 5.91. The summed E-state index contributed by atoms with van der Waals surface area (Å²) >= 11 is 9.47. The van der Waals surface area contributed by atoms with Gasteiger partial charge in [-0.2, -0.15) is 0 Å². The Hall–Kier alpha value is -2.36. The molecule has 1 aliphatic rings. The molecule has 1 aromatic carbocycles. The van der Waals surface area contributed by atoms with E-state index in [1.54, 1.807) is 17.7 Å². The van der Waals surface area contributed by atoms with Crippen molar-refractivity contribution in [3.8, 4) is 0 Å². The number of hydrogen-bond acceptors (Lipinski definition) is 8. The molecule has 3 aromatic heterocycles. The SMILES string of the molecule is CC(C)N(C)C(=O)[C@H]1CCc2c(sc3ncnc(Nc4cc5snnc5cc4Cl)c23)C1. The summed E-state index contributed by atoms with van der Waals surface area (Å²) in [6.07, 6.45) is 4.00. The van der Waals surface area contributed by atoms with Crippen molar-refractivity contribution >= 4 is 72.3 Å². The number of benzene rings is 1. The second-order valence-electron chi connectivity index (χ2n) is 8.09. The van der Waals surface area contributed by atoms with Gasteiger partial charge in [0.25, 0.3) is 0 Å². The first-order valence-corrected chi connectivity index (χ1v) is 12.1. The molecule has 0 fully saturated rings. The van der Waals surface area contributed by atoms with Crippen LogP contribution in [0, 0.1) is 5.92 Å². The molecule has 1 aliphatic carbocycles. The summed E-state index contributed by atoms with van der Waals surface area (Å²) in [4.78, 5) is 25.9. The van der Waals surface area contributed by atoms with Crippen LogP contribution >= 0.6 is 34.5 Å². The molecule has 0 spiro atoms. The van der Waals surface area contributed by atoms with Gasteiger partial charge in [-0.1, -0.05) is 16.1 Å². The van der Waals surface area contributed by atoms with Gasteiger partial charge in [0.05, 0.1) is 20.8 Å². The summed E-state index contributed by atoms with van der Waals surface area (Å²) in [5, 5.41) is 9.07. The minimum absolute atomic E-state index is 0.0213. The number of anilines is 2. The smallest absolute Gasteiger partial charge is 0.226 e. The number of halogens is 1. The highest BCUT2D eigenvalue weighted by molar-refractivity contribution is 7.19. The van der Waals surface area contributed by atoms with E-state index >= 15 is 0 Å². The van der Waals surface area contributed by atoms with Crippen LogP contribution in [-0.4, -0.2) is 43.5 Å². The Morgan fingerprint density at radius 3 is 2.97 bits per heavy atom. The first-order valence-electron chi connectivity index (χ1n) is 10.1. The molecule has 3 heterocycles. The van der Waals surface area contributed by atoms with Crippen molar-refractivity contribution in [3.05, 3.63) is 33.9 Å². The van der Waals surface area contributed by atoms with Gasteiger partial charge in [-0.05, 0) is 62.3 Å². The number of aryl methyl sites for hydroxylation is 1. The lowest BCUT2D eigenvalue weighted by molar-refractivity contribution is -0.136. The fourth-order valence-electron chi connectivity index (χ4n) is 3.98. The molecule has 7 nitrogen and oxygen atoms in total. The van der Waals surface area contributed by atoms with Gasteiger partial charge in [0.2, 0.25) is 5.91 Å². The van der Waals surface area contributed by atoms with E-state index in [0.29, 0.717) is 5.02 Å². The van der Waals surface area contributed by atoms with Crippen LogP contribution < -0.4 is 5.32 Å². The van der Waals surface area contributed by atoms with Crippen molar-refractivity contribution in [1.82, 2.24) is 24.5 Å². The van der Waals surface area contributed by atoms with Crippen molar-refractivity contribution in [2.24, 2.45) is 5.92 Å². The first-order chi connectivity index (χ1) is 14.9. The Balaban J connectivity index is 1.49. The van der Waals surface area contributed by atoms with E-state index < -0.39 is 0 Å². The summed E-state index contributed by atoms with van der Waals surface area (Å²) in [5.41, 5.74) is 2.79. The predicted molar refractivity (Wildman–Crippen MR) is 127 cm³/mol. The fourth-order valence-corrected chi connectivity index (χ4v) is 6.04. The topological polar surface area (TPSA) is 83.9 Å². The predicted octanol–water partition coefficient (Wildman–Crippen LogP) is 5.06. The van der Waals surface area contributed by atoms with Crippen LogP contribution in [0.1, 0.15) is 30.7 Å². The van der Waals surface area contributed by atoms with Gasteiger partial charge in [-0.15, -0.1) is 16.4 Å². The van der Waals surface area contributed by atoms with Crippen LogP contribution in [0.25, 0.3) is 20.4 Å². The maximum absolute atomic E-state index is 12.9. The molecule has 0 unspecified atom stereocenters. The number of rotatable bonds is 4. The molecule has 0 aliphatic heterocycles. The van der Waals surface area contributed by atoms with Crippen LogP contribution in [0.4, 0.5) is 11.5 Å². The maximum Gasteiger partial charge on any atom is 0.226 e. The number of nitrogens with one attached hydrogen (secondary N) is 1. The molecule has 5 rings (SSSR count). The fraction of sp³-hybridized carbons (Fsp3) is 0.381. The molecule has 1 atom stereocenters. The van der Waals surface area contributed by atoms with E-state index in [4.69, 9.17) is 11.6 Å². The average Bonchev–Trinajstić information content (AvgIpc) is 3.36. The van der Waals surface area contributed by atoms with Crippen molar-refractivity contribution in [1.29, 1.82) is 0 Å². The molecule has 0 saturated heterocycles. The molecule has 0 bridgehead atoms. The van der Waals surface area contributed by atoms with E-state index in [-0.39, 0.29) is 17.9 Å². The van der Waals surface area contributed by atoms with Gasteiger partial charge >= 0.3 is 0 Å². The van der Waals surface area contributed by atoms with Crippen molar-refractivity contribution < 1.29 is 4.79 Å².